The van der Waals surface area contributed by atoms with Gasteiger partial charge in [-0.3, -0.25) is 4.79 Å². The van der Waals surface area contributed by atoms with E-state index >= 15 is 0 Å². The molecular formula is C22H21Cl2FN6O2. The van der Waals surface area contributed by atoms with Gasteiger partial charge in [-0.15, -0.1) is 0 Å². The summed E-state index contributed by atoms with van der Waals surface area (Å²) in [6, 6.07) is 10.6. The van der Waals surface area contributed by atoms with Gasteiger partial charge in [-0.25, -0.2) is 14.8 Å². The molecule has 0 saturated carbocycles. The molecule has 1 aromatic heterocycles. The first-order valence-electron chi connectivity index (χ1n) is 10.2. The van der Waals surface area contributed by atoms with Crippen LogP contribution in [0.15, 0.2) is 42.6 Å². The Balaban J connectivity index is 1.48. The summed E-state index contributed by atoms with van der Waals surface area (Å²) in [7, 11) is 0. The van der Waals surface area contributed by atoms with Gasteiger partial charge >= 0.3 is 5.97 Å². The summed E-state index contributed by atoms with van der Waals surface area (Å²) in [6.07, 6.45) is 1.35. The van der Waals surface area contributed by atoms with Gasteiger partial charge in [0.1, 0.15) is 0 Å². The first-order valence-corrected chi connectivity index (χ1v) is 11.0. The maximum atomic E-state index is 14.3. The summed E-state index contributed by atoms with van der Waals surface area (Å²) in [6.45, 7) is 3.27. The van der Waals surface area contributed by atoms with Crippen molar-refractivity contribution in [3.8, 4) is 0 Å². The molecule has 3 aromatic rings. The Morgan fingerprint density at radius 3 is 2.76 bits per heavy atom. The quantitative estimate of drug-likeness (QED) is 0.371. The van der Waals surface area contributed by atoms with Crippen molar-refractivity contribution in [2.45, 2.75) is 19.9 Å². The number of halogens is 3. The normalized spacial score (nSPS) is 12.4. The number of hydrogen-bond donors (Lipinski definition) is 3. The highest BCUT2D eigenvalue weighted by Gasteiger charge is 2.20. The average Bonchev–Trinajstić information content (AvgIpc) is 3.19. The number of anilines is 5. The number of hydrogen-bond acceptors (Lipinski definition) is 8. The molecule has 2 aromatic carbocycles. The minimum absolute atomic E-state index is 0.00946. The molecule has 4 rings (SSSR count). The highest BCUT2D eigenvalue weighted by Crippen LogP contribution is 2.30. The third-order valence-corrected chi connectivity index (χ3v) is 5.60. The van der Waals surface area contributed by atoms with Crippen LogP contribution in [0.1, 0.15) is 18.9 Å². The molecule has 3 N–H and O–H groups in total. The van der Waals surface area contributed by atoms with Gasteiger partial charge in [0.15, 0.2) is 11.6 Å². The van der Waals surface area contributed by atoms with Crippen LogP contribution in [0.25, 0.3) is 0 Å². The summed E-state index contributed by atoms with van der Waals surface area (Å²) < 4.78 is 19.3. The molecule has 0 spiro atoms. The van der Waals surface area contributed by atoms with Crippen LogP contribution in [-0.2, 0) is 16.1 Å². The monoisotopic (exact) mass is 490 g/mol. The second-order valence-electron chi connectivity index (χ2n) is 7.15. The third-order valence-electron chi connectivity index (χ3n) is 4.86. The Kier molecular flexibility index (Phi) is 7.12. The maximum absolute atomic E-state index is 14.3. The topological polar surface area (TPSA) is 91.4 Å². The SMILES string of the molecule is CCOC(=O)CCN1NCc2ccc(Nc3ncc(F)c(Nc4ccc(Cl)c(Cl)c4)n3)cc21. The number of carbonyl (C=O) groups is 1. The van der Waals surface area contributed by atoms with Crippen LogP contribution >= 0.6 is 23.2 Å². The molecule has 0 unspecified atom stereocenters. The third kappa shape index (κ3) is 5.62. The Hall–Kier alpha value is -3.14. The van der Waals surface area contributed by atoms with Crippen LogP contribution < -0.4 is 21.1 Å². The Bertz CT molecular complexity index is 1180. The number of ether oxygens (including phenoxy) is 1. The van der Waals surface area contributed by atoms with E-state index in [0.29, 0.717) is 41.1 Å². The standard InChI is InChI=1S/C22H21Cl2FN6O2/c1-2-33-20(32)7-8-31-19-10-15(4-3-13(19)11-27-31)29-22-26-12-18(25)21(30-22)28-14-5-6-16(23)17(24)9-14/h3-6,9-10,12,27H,2,7-8,11H2,1H3,(H2,26,28,29,30). The molecule has 0 fully saturated rings. The molecule has 2 heterocycles. The van der Waals surface area contributed by atoms with E-state index in [2.05, 4.69) is 26.0 Å². The fourth-order valence-electron chi connectivity index (χ4n) is 3.30. The number of benzene rings is 2. The van der Waals surface area contributed by atoms with Gasteiger partial charge in [-0.1, -0.05) is 29.3 Å². The molecule has 0 radical (unpaired) electrons. The molecule has 11 heteroatoms. The predicted octanol–water partition coefficient (Wildman–Crippen LogP) is 5.19. The average molecular weight is 491 g/mol. The second kappa shape index (κ2) is 10.2. The van der Waals surface area contributed by atoms with Crippen molar-refractivity contribution < 1.29 is 13.9 Å². The van der Waals surface area contributed by atoms with E-state index in [-0.39, 0.29) is 24.2 Å². The lowest BCUT2D eigenvalue weighted by molar-refractivity contribution is -0.142. The molecule has 0 amide bonds. The van der Waals surface area contributed by atoms with Gasteiger partial charge in [0.05, 0.1) is 35.0 Å². The van der Waals surface area contributed by atoms with Crippen molar-refractivity contribution in [2.75, 3.05) is 28.8 Å². The van der Waals surface area contributed by atoms with Gasteiger partial charge in [0, 0.05) is 24.5 Å². The number of fused-ring (bicyclic) bond motifs is 1. The first kappa shape index (κ1) is 23.0. The number of nitrogens with one attached hydrogen (secondary N) is 3. The number of nitrogens with zero attached hydrogens (tertiary/aromatic N) is 3. The minimum atomic E-state index is -0.616. The van der Waals surface area contributed by atoms with Gasteiger partial charge < -0.3 is 20.4 Å². The van der Waals surface area contributed by atoms with E-state index in [4.69, 9.17) is 27.9 Å². The van der Waals surface area contributed by atoms with Crippen LogP contribution in [-0.4, -0.2) is 29.1 Å². The van der Waals surface area contributed by atoms with Crippen LogP contribution in [0, 0.1) is 5.82 Å². The van der Waals surface area contributed by atoms with Crippen molar-refractivity contribution in [1.29, 1.82) is 0 Å². The molecular weight excluding hydrogens is 470 g/mol. The maximum Gasteiger partial charge on any atom is 0.307 e. The van der Waals surface area contributed by atoms with Crippen LogP contribution in [0.4, 0.5) is 33.2 Å². The van der Waals surface area contributed by atoms with E-state index in [1.807, 2.05) is 23.2 Å². The molecule has 0 bridgehead atoms. The van der Waals surface area contributed by atoms with E-state index in [1.54, 1.807) is 25.1 Å². The largest absolute Gasteiger partial charge is 0.466 e. The molecule has 0 saturated heterocycles. The second-order valence-corrected chi connectivity index (χ2v) is 7.97. The van der Waals surface area contributed by atoms with Crippen molar-refractivity contribution in [3.63, 3.8) is 0 Å². The molecule has 1 aliphatic rings. The van der Waals surface area contributed by atoms with Crippen LogP contribution in [0.2, 0.25) is 10.0 Å². The lowest BCUT2D eigenvalue weighted by atomic mass is 10.1. The predicted molar refractivity (Wildman–Crippen MR) is 127 cm³/mol. The zero-order valence-electron chi connectivity index (χ0n) is 17.7. The van der Waals surface area contributed by atoms with E-state index < -0.39 is 5.82 Å². The van der Waals surface area contributed by atoms with Crippen molar-refractivity contribution in [3.05, 3.63) is 64.0 Å². The van der Waals surface area contributed by atoms with E-state index in [0.717, 1.165) is 17.4 Å². The zero-order chi connectivity index (χ0) is 23.4. The smallest absolute Gasteiger partial charge is 0.307 e. The molecule has 172 valence electrons. The number of esters is 1. The lowest BCUT2D eigenvalue weighted by Gasteiger charge is -2.19. The molecule has 8 nitrogen and oxygen atoms in total. The summed E-state index contributed by atoms with van der Waals surface area (Å²) in [5, 5.41) is 8.62. The first-order chi connectivity index (χ1) is 15.9. The molecule has 0 atom stereocenters. The number of hydrazine groups is 1. The number of carbonyl (C=O) groups excluding carboxylic acids is 1. The van der Waals surface area contributed by atoms with Crippen molar-refractivity contribution in [1.82, 2.24) is 15.4 Å². The zero-order valence-corrected chi connectivity index (χ0v) is 19.2. The fraction of sp³-hybridized carbons (Fsp3) is 0.227. The Morgan fingerprint density at radius 2 is 1.97 bits per heavy atom. The molecule has 33 heavy (non-hydrogen) atoms. The van der Waals surface area contributed by atoms with E-state index in [1.165, 1.54) is 0 Å². The van der Waals surface area contributed by atoms with Crippen LogP contribution in [0.5, 0.6) is 0 Å². The fourth-order valence-corrected chi connectivity index (χ4v) is 3.60. The summed E-state index contributed by atoms with van der Waals surface area (Å²) in [5.74, 6) is -0.661. The molecule has 0 aliphatic carbocycles. The van der Waals surface area contributed by atoms with Gasteiger partial charge in [0.2, 0.25) is 5.95 Å². The lowest BCUT2D eigenvalue weighted by Crippen LogP contribution is -2.34. The Morgan fingerprint density at radius 1 is 1.18 bits per heavy atom. The number of aromatic nitrogens is 2. The molecule has 1 aliphatic heterocycles. The van der Waals surface area contributed by atoms with Gasteiger partial charge in [0.25, 0.3) is 0 Å². The van der Waals surface area contributed by atoms with Crippen molar-refractivity contribution in [2.24, 2.45) is 0 Å². The Labute approximate surface area is 200 Å². The van der Waals surface area contributed by atoms with Gasteiger partial charge in [-0.05, 0) is 42.8 Å². The van der Waals surface area contributed by atoms with Crippen molar-refractivity contribution >= 4 is 58.0 Å². The van der Waals surface area contributed by atoms with Gasteiger partial charge in [-0.2, -0.15) is 4.98 Å². The van der Waals surface area contributed by atoms with Crippen LogP contribution in [0.3, 0.4) is 0 Å². The minimum Gasteiger partial charge on any atom is -0.466 e. The highest BCUT2D eigenvalue weighted by molar-refractivity contribution is 6.42. The summed E-state index contributed by atoms with van der Waals surface area (Å²) in [4.78, 5) is 19.9. The number of rotatable bonds is 8. The summed E-state index contributed by atoms with van der Waals surface area (Å²) >= 11 is 12.0. The summed E-state index contributed by atoms with van der Waals surface area (Å²) in [5.41, 5.74) is 6.52. The van der Waals surface area contributed by atoms with E-state index in [9.17, 15) is 9.18 Å². The highest BCUT2D eigenvalue weighted by atomic mass is 35.5.